The van der Waals surface area contributed by atoms with Crippen molar-refractivity contribution in [3.63, 3.8) is 0 Å². The van der Waals surface area contributed by atoms with Gasteiger partial charge in [-0.15, -0.1) is 0 Å². The Balaban J connectivity index is 1.31. The largest absolute Gasteiger partial charge is 0.447 e. The van der Waals surface area contributed by atoms with Crippen LogP contribution < -0.4 is 15.5 Å². The summed E-state index contributed by atoms with van der Waals surface area (Å²) in [6.45, 7) is 2.11. The van der Waals surface area contributed by atoms with Crippen LogP contribution in [0.1, 0.15) is 44.3 Å². The quantitative estimate of drug-likeness (QED) is 0.474. The predicted octanol–water partition coefficient (Wildman–Crippen LogP) is 4.09. The zero-order valence-electron chi connectivity index (χ0n) is 20.5. The summed E-state index contributed by atoms with van der Waals surface area (Å²) in [4.78, 5) is 35.9. The number of aromatic nitrogens is 2. The van der Waals surface area contributed by atoms with Gasteiger partial charge in [-0.3, -0.25) is 9.59 Å². The molecule has 1 saturated carbocycles. The number of anilines is 2. The van der Waals surface area contributed by atoms with Gasteiger partial charge in [-0.05, 0) is 43.7 Å². The van der Waals surface area contributed by atoms with Crippen molar-refractivity contribution in [3.8, 4) is 0 Å². The highest BCUT2D eigenvalue weighted by molar-refractivity contribution is 5.90. The highest BCUT2D eigenvalue weighted by Gasteiger charge is 2.28. The van der Waals surface area contributed by atoms with Gasteiger partial charge in [-0.2, -0.15) is 4.98 Å². The first-order chi connectivity index (χ1) is 16.9. The minimum Gasteiger partial charge on any atom is -0.447 e. The Morgan fingerprint density at radius 1 is 1.00 bits per heavy atom. The van der Waals surface area contributed by atoms with E-state index in [0.29, 0.717) is 17.4 Å². The summed E-state index contributed by atoms with van der Waals surface area (Å²) in [5, 5.41) is 7.54. The van der Waals surface area contributed by atoms with E-state index >= 15 is 0 Å². The van der Waals surface area contributed by atoms with Crippen LogP contribution >= 0.6 is 0 Å². The molecular weight excluding hydrogens is 442 g/mol. The maximum absolute atomic E-state index is 12.9. The second-order valence-electron chi connectivity index (χ2n) is 9.29. The second-order valence-corrected chi connectivity index (χ2v) is 9.29. The first-order valence-electron chi connectivity index (χ1n) is 12.1. The maximum atomic E-state index is 12.9. The number of para-hydroxylation sites is 1. The van der Waals surface area contributed by atoms with Crippen molar-refractivity contribution >= 4 is 34.5 Å². The zero-order valence-corrected chi connectivity index (χ0v) is 20.5. The van der Waals surface area contributed by atoms with E-state index in [1.807, 2.05) is 61.5 Å². The molecule has 1 fully saturated rings. The average Bonchev–Trinajstić information content (AvgIpc) is 2.86. The fraction of sp³-hybridized carbons (Fsp3) is 0.407. The highest BCUT2D eigenvalue weighted by Crippen LogP contribution is 2.27. The van der Waals surface area contributed by atoms with Gasteiger partial charge in [0, 0.05) is 44.6 Å². The molecule has 1 aliphatic carbocycles. The van der Waals surface area contributed by atoms with E-state index in [2.05, 4.69) is 15.6 Å². The molecule has 0 spiro atoms. The topological polar surface area (TPSA) is 96.5 Å². The minimum absolute atomic E-state index is 0.0674. The number of hydrogen-bond acceptors (Lipinski definition) is 7. The number of esters is 1. The van der Waals surface area contributed by atoms with Gasteiger partial charge >= 0.3 is 5.97 Å². The molecule has 8 heteroatoms. The molecule has 2 aromatic carbocycles. The molecule has 1 aliphatic rings. The fourth-order valence-corrected chi connectivity index (χ4v) is 4.57. The van der Waals surface area contributed by atoms with Crippen molar-refractivity contribution in [2.75, 3.05) is 30.9 Å². The second kappa shape index (κ2) is 11.2. The Kier molecular flexibility index (Phi) is 7.80. The number of nitrogens with one attached hydrogen (secondary N) is 2. The summed E-state index contributed by atoms with van der Waals surface area (Å²) >= 11 is 0. The van der Waals surface area contributed by atoms with Crippen molar-refractivity contribution in [1.82, 2.24) is 15.3 Å². The van der Waals surface area contributed by atoms with Crippen LogP contribution in [0, 0.1) is 5.92 Å². The number of hydrogen-bond donors (Lipinski definition) is 2. The van der Waals surface area contributed by atoms with E-state index in [1.165, 1.54) is 6.92 Å². The highest BCUT2D eigenvalue weighted by atomic mass is 16.5. The Morgan fingerprint density at radius 2 is 1.69 bits per heavy atom. The summed E-state index contributed by atoms with van der Waals surface area (Å²) < 4.78 is 5.33. The monoisotopic (exact) mass is 475 g/mol. The molecule has 0 bridgehead atoms. The van der Waals surface area contributed by atoms with Crippen LogP contribution in [0.2, 0.25) is 0 Å². The van der Waals surface area contributed by atoms with Crippen LogP contribution in [0.15, 0.2) is 54.6 Å². The van der Waals surface area contributed by atoms with Crippen LogP contribution in [0.5, 0.6) is 0 Å². The van der Waals surface area contributed by atoms with E-state index in [-0.39, 0.29) is 11.9 Å². The molecule has 1 aromatic heterocycles. The van der Waals surface area contributed by atoms with E-state index in [9.17, 15) is 9.59 Å². The summed E-state index contributed by atoms with van der Waals surface area (Å²) in [6, 6.07) is 17.2. The molecular formula is C27H33N5O3. The fourth-order valence-electron chi connectivity index (χ4n) is 4.57. The first-order valence-corrected chi connectivity index (χ1v) is 12.1. The number of ether oxygens (including phenoxy) is 1. The molecule has 184 valence electrons. The lowest BCUT2D eigenvalue weighted by molar-refractivity contribution is -0.154. The number of benzene rings is 2. The Hall–Kier alpha value is -3.68. The van der Waals surface area contributed by atoms with Gasteiger partial charge in [0.05, 0.1) is 5.52 Å². The van der Waals surface area contributed by atoms with E-state index < -0.39 is 12.1 Å². The van der Waals surface area contributed by atoms with E-state index in [1.54, 1.807) is 12.1 Å². The van der Waals surface area contributed by atoms with Crippen LogP contribution in [0.25, 0.3) is 10.9 Å². The lowest BCUT2D eigenvalue weighted by Crippen LogP contribution is -2.41. The van der Waals surface area contributed by atoms with Gasteiger partial charge in [0.15, 0.2) is 0 Å². The number of rotatable bonds is 8. The minimum atomic E-state index is -0.927. The first kappa shape index (κ1) is 24.4. The predicted molar refractivity (Wildman–Crippen MR) is 137 cm³/mol. The molecule has 3 aromatic rings. The van der Waals surface area contributed by atoms with Gasteiger partial charge in [0.1, 0.15) is 5.82 Å². The molecule has 1 amide bonds. The third-order valence-corrected chi connectivity index (χ3v) is 6.37. The molecule has 0 radical (unpaired) electrons. The molecule has 4 rings (SSSR count). The smallest absolute Gasteiger partial charge is 0.303 e. The summed E-state index contributed by atoms with van der Waals surface area (Å²) in [6.07, 6.45) is 2.79. The van der Waals surface area contributed by atoms with Crippen LogP contribution in [0.4, 0.5) is 11.8 Å². The Bertz CT molecular complexity index is 1160. The van der Waals surface area contributed by atoms with Crippen molar-refractivity contribution in [2.24, 2.45) is 5.92 Å². The van der Waals surface area contributed by atoms with Crippen LogP contribution in [0.3, 0.4) is 0 Å². The van der Waals surface area contributed by atoms with Gasteiger partial charge in [-0.25, -0.2) is 4.98 Å². The molecule has 2 N–H and O–H groups in total. The molecule has 1 unspecified atom stereocenters. The maximum Gasteiger partial charge on any atom is 0.303 e. The number of fused-ring (bicyclic) bond motifs is 1. The number of nitrogens with zero attached hydrogens (tertiary/aromatic N) is 3. The molecule has 8 nitrogen and oxygen atoms in total. The SMILES string of the molecule is CC(=O)OC(C(=O)NC1CCC(CNc2nc(N(C)C)c3ccccc3n2)CC1)c1ccccc1. The Labute approximate surface area is 206 Å². The van der Waals surface area contributed by atoms with E-state index in [4.69, 9.17) is 9.72 Å². The summed E-state index contributed by atoms with van der Waals surface area (Å²) in [7, 11) is 3.97. The van der Waals surface area contributed by atoms with E-state index in [0.717, 1.165) is 48.9 Å². The third-order valence-electron chi connectivity index (χ3n) is 6.37. The van der Waals surface area contributed by atoms with Gasteiger partial charge in [0.2, 0.25) is 12.1 Å². The molecule has 0 saturated heterocycles. The summed E-state index contributed by atoms with van der Waals surface area (Å²) in [5.41, 5.74) is 1.59. The van der Waals surface area contributed by atoms with Gasteiger partial charge < -0.3 is 20.3 Å². The average molecular weight is 476 g/mol. The van der Waals surface area contributed by atoms with Crippen LogP contribution in [-0.4, -0.2) is 48.5 Å². The summed E-state index contributed by atoms with van der Waals surface area (Å²) in [5.74, 6) is 1.26. The van der Waals surface area contributed by atoms with Crippen LogP contribution in [-0.2, 0) is 14.3 Å². The zero-order chi connectivity index (χ0) is 24.8. The molecule has 1 heterocycles. The lowest BCUT2D eigenvalue weighted by Gasteiger charge is -2.30. The number of amides is 1. The van der Waals surface area contributed by atoms with Crippen molar-refractivity contribution in [1.29, 1.82) is 0 Å². The van der Waals surface area contributed by atoms with Crippen molar-refractivity contribution in [2.45, 2.75) is 44.8 Å². The number of carbonyl (C=O) groups is 2. The number of carbonyl (C=O) groups excluding carboxylic acids is 2. The molecule has 35 heavy (non-hydrogen) atoms. The van der Waals surface area contributed by atoms with Crippen molar-refractivity contribution in [3.05, 3.63) is 60.2 Å². The normalized spacial score (nSPS) is 18.5. The standard InChI is InChI=1S/C27H33N5O3/c1-18(33)35-24(20-9-5-4-6-10-20)26(34)29-21-15-13-19(14-16-21)17-28-27-30-23-12-8-7-11-22(23)25(31-27)32(2)3/h4-12,19,21,24H,13-17H2,1-3H3,(H,29,34)(H,28,30,31). The lowest BCUT2D eigenvalue weighted by atomic mass is 9.86. The van der Waals surface area contributed by atoms with Gasteiger partial charge in [0.25, 0.3) is 5.91 Å². The van der Waals surface area contributed by atoms with Gasteiger partial charge in [-0.1, -0.05) is 42.5 Å². The third kappa shape index (κ3) is 6.26. The Morgan fingerprint density at radius 3 is 2.37 bits per heavy atom. The molecule has 0 aliphatic heterocycles. The molecule has 1 atom stereocenters. The van der Waals surface area contributed by atoms with Crippen molar-refractivity contribution < 1.29 is 14.3 Å².